The molecule has 0 spiro atoms. The van der Waals surface area contributed by atoms with Gasteiger partial charge in [-0.15, -0.1) is 10.2 Å². The third-order valence-corrected chi connectivity index (χ3v) is 6.05. The highest BCUT2D eigenvalue weighted by Crippen LogP contribution is 2.22. The number of nitrogens with one attached hydrogen (secondary N) is 1. The van der Waals surface area contributed by atoms with E-state index in [4.69, 9.17) is 16.3 Å². The molecule has 0 aliphatic carbocycles. The highest BCUT2D eigenvalue weighted by molar-refractivity contribution is 14.1. The number of rotatable bonds is 7. The lowest BCUT2D eigenvalue weighted by Crippen LogP contribution is -2.14. The Morgan fingerprint density at radius 2 is 2.00 bits per heavy atom. The number of benzene rings is 2. The number of hydrogen-bond donors (Lipinski definition) is 1. The maximum atomic E-state index is 12.1. The molecule has 1 aromatic heterocycles. The van der Waals surface area contributed by atoms with Crippen LogP contribution in [0.15, 0.2) is 47.6 Å². The van der Waals surface area contributed by atoms with Crippen molar-refractivity contribution in [3.63, 3.8) is 0 Å². The minimum atomic E-state index is -0.0938. The van der Waals surface area contributed by atoms with Crippen LogP contribution in [0.25, 0.3) is 0 Å². The van der Waals surface area contributed by atoms with Crippen molar-refractivity contribution in [2.24, 2.45) is 7.05 Å². The van der Waals surface area contributed by atoms with Gasteiger partial charge in [0.1, 0.15) is 12.4 Å². The van der Waals surface area contributed by atoms with Crippen molar-refractivity contribution in [2.45, 2.75) is 18.7 Å². The van der Waals surface area contributed by atoms with E-state index in [1.807, 2.05) is 54.9 Å². The van der Waals surface area contributed by atoms with Gasteiger partial charge < -0.3 is 14.6 Å². The summed E-state index contributed by atoms with van der Waals surface area (Å²) in [4.78, 5) is 12.1. The molecule has 0 fully saturated rings. The van der Waals surface area contributed by atoms with Crippen molar-refractivity contribution in [3.8, 4) is 5.75 Å². The summed E-state index contributed by atoms with van der Waals surface area (Å²) in [5.74, 6) is 1.54. The molecule has 3 aromatic rings. The molecule has 0 unspecified atom stereocenters. The number of carbonyl (C=O) groups is 1. The fraction of sp³-hybridized carbons (Fsp3) is 0.211. The van der Waals surface area contributed by atoms with Gasteiger partial charge in [0, 0.05) is 21.3 Å². The second-order valence-corrected chi connectivity index (χ2v) is 8.60. The van der Waals surface area contributed by atoms with Gasteiger partial charge in [0.15, 0.2) is 11.0 Å². The molecule has 0 atom stereocenters. The summed E-state index contributed by atoms with van der Waals surface area (Å²) in [6, 6.07) is 13.1. The summed E-state index contributed by atoms with van der Waals surface area (Å²) in [5.41, 5.74) is 1.73. The first-order valence-corrected chi connectivity index (χ1v) is 10.8. The van der Waals surface area contributed by atoms with E-state index in [1.165, 1.54) is 11.8 Å². The maximum Gasteiger partial charge on any atom is 0.234 e. The van der Waals surface area contributed by atoms with Gasteiger partial charge in [-0.3, -0.25) is 4.79 Å². The molecule has 1 N–H and O–H groups in total. The fourth-order valence-electron chi connectivity index (χ4n) is 2.31. The molecule has 0 aliphatic rings. The van der Waals surface area contributed by atoms with E-state index >= 15 is 0 Å². The van der Waals surface area contributed by atoms with Gasteiger partial charge in [-0.25, -0.2) is 0 Å². The van der Waals surface area contributed by atoms with Crippen molar-refractivity contribution in [1.82, 2.24) is 14.8 Å². The lowest BCUT2D eigenvalue weighted by Gasteiger charge is -2.08. The number of amides is 1. The van der Waals surface area contributed by atoms with Gasteiger partial charge in [0.25, 0.3) is 0 Å². The van der Waals surface area contributed by atoms with Gasteiger partial charge in [0.05, 0.1) is 5.75 Å². The standard InChI is InChI=1S/C19H18ClIN4O2S/c1-12-9-15(7-8-16(12)20)27-10-17-23-24-19(25(17)2)28-11-18(26)22-14-5-3-13(21)4-6-14/h3-9H,10-11H2,1-2H3,(H,22,26). The Morgan fingerprint density at radius 1 is 1.25 bits per heavy atom. The minimum absolute atomic E-state index is 0.0938. The topological polar surface area (TPSA) is 69.0 Å². The third kappa shape index (κ3) is 5.62. The monoisotopic (exact) mass is 528 g/mol. The molecule has 28 heavy (non-hydrogen) atoms. The zero-order valence-electron chi connectivity index (χ0n) is 15.3. The van der Waals surface area contributed by atoms with Gasteiger partial charge in [-0.05, 0) is 77.5 Å². The summed E-state index contributed by atoms with van der Waals surface area (Å²) in [5, 5.41) is 12.5. The van der Waals surface area contributed by atoms with Crippen molar-refractivity contribution < 1.29 is 9.53 Å². The summed E-state index contributed by atoms with van der Waals surface area (Å²) in [6.07, 6.45) is 0. The zero-order chi connectivity index (χ0) is 20.1. The van der Waals surface area contributed by atoms with E-state index in [0.29, 0.717) is 16.0 Å². The van der Waals surface area contributed by atoms with E-state index in [2.05, 4.69) is 38.1 Å². The predicted molar refractivity (Wildman–Crippen MR) is 120 cm³/mol. The van der Waals surface area contributed by atoms with Crippen LogP contribution in [-0.2, 0) is 18.4 Å². The Morgan fingerprint density at radius 3 is 2.71 bits per heavy atom. The van der Waals surface area contributed by atoms with Gasteiger partial charge >= 0.3 is 0 Å². The largest absolute Gasteiger partial charge is 0.486 e. The molecule has 6 nitrogen and oxygen atoms in total. The van der Waals surface area contributed by atoms with Crippen molar-refractivity contribution >= 4 is 57.5 Å². The van der Waals surface area contributed by atoms with Crippen LogP contribution in [0.2, 0.25) is 5.02 Å². The molecular formula is C19H18ClIN4O2S. The molecule has 0 aliphatic heterocycles. The molecule has 146 valence electrons. The van der Waals surface area contributed by atoms with Crippen LogP contribution in [0.3, 0.4) is 0 Å². The number of halogens is 2. The Hall–Kier alpha value is -1.78. The highest BCUT2D eigenvalue weighted by atomic mass is 127. The van der Waals surface area contributed by atoms with E-state index in [9.17, 15) is 4.79 Å². The molecule has 0 bridgehead atoms. The second kappa shape index (κ2) is 9.62. The Kier molecular flexibility index (Phi) is 7.19. The van der Waals surface area contributed by atoms with Crippen molar-refractivity contribution in [2.75, 3.05) is 11.1 Å². The van der Waals surface area contributed by atoms with Crippen molar-refractivity contribution in [1.29, 1.82) is 0 Å². The quantitative estimate of drug-likeness (QED) is 0.356. The third-order valence-electron chi connectivity index (χ3n) is 3.88. The number of anilines is 1. The number of aromatic nitrogens is 3. The molecular weight excluding hydrogens is 511 g/mol. The van der Waals surface area contributed by atoms with E-state index in [1.54, 1.807) is 6.07 Å². The Labute approximate surface area is 186 Å². The molecule has 3 rings (SSSR count). The van der Waals surface area contributed by atoms with Crippen LogP contribution in [-0.4, -0.2) is 26.4 Å². The number of carbonyl (C=O) groups excluding carboxylic acids is 1. The van der Waals surface area contributed by atoms with Crippen molar-refractivity contribution in [3.05, 3.63) is 62.4 Å². The molecule has 0 saturated carbocycles. The first-order valence-electron chi connectivity index (χ1n) is 8.38. The zero-order valence-corrected chi connectivity index (χ0v) is 19.0. The fourth-order valence-corrected chi connectivity index (χ4v) is 3.52. The normalized spacial score (nSPS) is 10.7. The van der Waals surface area contributed by atoms with Crippen LogP contribution >= 0.6 is 46.0 Å². The summed E-state index contributed by atoms with van der Waals surface area (Å²) in [6.45, 7) is 2.20. The second-order valence-electron chi connectivity index (χ2n) is 6.00. The minimum Gasteiger partial charge on any atom is -0.486 e. The summed E-state index contributed by atoms with van der Waals surface area (Å²) < 4.78 is 8.71. The number of nitrogens with zero attached hydrogens (tertiary/aromatic N) is 3. The smallest absolute Gasteiger partial charge is 0.234 e. The number of hydrogen-bond acceptors (Lipinski definition) is 5. The van der Waals surface area contributed by atoms with Gasteiger partial charge in [-0.2, -0.15) is 0 Å². The molecule has 9 heteroatoms. The SMILES string of the molecule is Cc1cc(OCc2nnc(SCC(=O)Nc3ccc(I)cc3)n2C)ccc1Cl. The van der Waals surface area contributed by atoms with Crippen LogP contribution in [0, 0.1) is 10.5 Å². The van der Waals surface area contributed by atoms with E-state index in [0.717, 1.165) is 20.6 Å². The van der Waals surface area contributed by atoms with Crippen LogP contribution in [0.4, 0.5) is 5.69 Å². The molecule has 0 radical (unpaired) electrons. The molecule has 1 heterocycles. The Balaban J connectivity index is 1.53. The molecule has 2 aromatic carbocycles. The average Bonchev–Trinajstić information content (AvgIpc) is 3.03. The Bertz CT molecular complexity index is 979. The summed E-state index contributed by atoms with van der Waals surface area (Å²) >= 11 is 9.58. The lowest BCUT2D eigenvalue weighted by atomic mass is 10.2. The highest BCUT2D eigenvalue weighted by Gasteiger charge is 2.12. The van der Waals surface area contributed by atoms with Crippen LogP contribution < -0.4 is 10.1 Å². The van der Waals surface area contributed by atoms with E-state index < -0.39 is 0 Å². The molecule has 1 amide bonds. The van der Waals surface area contributed by atoms with Crippen LogP contribution in [0.5, 0.6) is 5.75 Å². The number of aryl methyl sites for hydroxylation is 1. The first-order chi connectivity index (χ1) is 13.4. The lowest BCUT2D eigenvalue weighted by molar-refractivity contribution is -0.113. The van der Waals surface area contributed by atoms with Gasteiger partial charge in [-0.1, -0.05) is 23.4 Å². The van der Waals surface area contributed by atoms with Gasteiger partial charge in [0.2, 0.25) is 5.91 Å². The maximum absolute atomic E-state index is 12.1. The number of thioether (sulfide) groups is 1. The predicted octanol–water partition coefficient (Wildman–Crippen LogP) is 4.69. The van der Waals surface area contributed by atoms with Crippen LogP contribution in [0.1, 0.15) is 11.4 Å². The number of ether oxygens (including phenoxy) is 1. The molecule has 0 saturated heterocycles. The van der Waals surface area contributed by atoms with E-state index in [-0.39, 0.29) is 18.3 Å². The average molecular weight is 529 g/mol. The first kappa shape index (κ1) is 20.9. The summed E-state index contributed by atoms with van der Waals surface area (Å²) in [7, 11) is 1.85.